The van der Waals surface area contributed by atoms with E-state index >= 15 is 0 Å². The van der Waals surface area contributed by atoms with Crippen molar-refractivity contribution in [3.8, 4) is 17.4 Å². The number of oxazole rings is 1. The third kappa shape index (κ3) is 5.74. The van der Waals surface area contributed by atoms with Crippen LogP contribution in [-0.2, 0) is 0 Å². The lowest BCUT2D eigenvalue weighted by Gasteiger charge is -2.45. The lowest BCUT2D eigenvalue weighted by atomic mass is 9.70. The molecule has 2 aliphatic rings. The summed E-state index contributed by atoms with van der Waals surface area (Å²) in [5, 5.41) is 12.6. The Bertz CT molecular complexity index is 1280. The van der Waals surface area contributed by atoms with Crippen LogP contribution in [0.2, 0.25) is 0 Å². The number of amides is 1. The van der Waals surface area contributed by atoms with Crippen LogP contribution >= 0.6 is 0 Å². The monoisotopic (exact) mass is 499 g/mol. The van der Waals surface area contributed by atoms with E-state index in [-0.39, 0.29) is 5.41 Å². The minimum Gasteiger partial charge on any atom is -0.424 e. The van der Waals surface area contributed by atoms with E-state index < -0.39 is 5.91 Å². The topological polar surface area (TPSA) is 134 Å². The van der Waals surface area contributed by atoms with Crippen molar-refractivity contribution in [2.24, 2.45) is 17.1 Å². The Balaban J connectivity index is 1.26. The quantitative estimate of drug-likeness (QED) is 0.475. The van der Waals surface area contributed by atoms with Crippen molar-refractivity contribution in [1.82, 2.24) is 15.0 Å². The zero-order chi connectivity index (χ0) is 25.8. The van der Waals surface area contributed by atoms with Gasteiger partial charge in [0.05, 0.1) is 18.6 Å². The van der Waals surface area contributed by atoms with Crippen LogP contribution in [0.5, 0.6) is 0 Å². The molecule has 2 aromatic heterocycles. The van der Waals surface area contributed by atoms with Gasteiger partial charge in [0.25, 0.3) is 6.01 Å². The Hall–Kier alpha value is -3.93. The maximum absolute atomic E-state index is 11.5. The Morgan fingerprint density at radius 2 is 2.08 bits per heavy atom. The Morgan fingerprint density at radius 3 is 2.86 bits per heavy atom. The average Bonchev–Trinajstić information content (AvgIpc) is 3.38. The number of carbonyl (C=O) groups is 1. The van der Waals surface area contributed by atoms with E-state index in [9.17, 15) is 4.79 Å². The maximum Gasteiger partial charge on any atom is 0.295 e. The Labute approximate surface area is 217 Å². The third-order valence-electron chi connectivity index (χ3n) is 7.77. The number of nitrogens with two attached hydrogens (primary N) is 1. The molecule has 192 valence electrons. The van der Waals surface area contributed by atoms with Crippen molar-refractivity contribution in [3.63, 3.8) is 0 Å². The van der Waals surface area contributed by atoms with E-state index in [0.29, 0.717) is 35.0 Å². The Kier molecular flexibility index (Phi) is 7.08. The highest BCUT2D eigenvalue weighted by atomic mass is 16.4. The molecule has 1 aliphatic heterocycles. The minimum atomic E-state index is -0.467. The summed E-state index contributed by atoms with van der Waals surface area (Å²) in [5.74, 6) is 1.50. The molecule has 9 nitrogen and oxygen atoms in total. The first-order valence-electron chi connectivity index (χ1n) is 13.0. The van der Waals surface area contributed by atoms with Gasteiger partial charge in [-0.2, -0.15) is 5.26 Å². The van der Waals surface area contributed by atoms with E-state index in [4.69, 9.17) is 15.4 Å². The number of rotatable bonds is 7. The molecule has 1 saturated heterocycles. The summed E-state index contributed by atoms with van der Waals surface area (Å²) in [6.07, 6.45) is 13.0. The van der Waals surface area contributed by atoms with Crippen molar-refractivity contribution in [1.29, 1.82) is 5.26 Å². The lowest BCUT2D eigenvalue weighted by molar-refractivity contribution is 0.100. The zero-order valence-electron chi connectivity index (χ0n) is 21.2. The fourth-order valence-electron chi connectivity index (χ4n) is 5.95. The van der Waals surface area contributed by atoms with Gasteiger partial charge in [0.1, 0.15) is 11.9 Å². The molecule has 9 heteroatoms. The molecule has 1 saturated carbocycles. The molecule has 37 heavy (non-hydrogen) atoms. The molecule has 1 aliphatic carbocycles. The summed E-state index contributed by atoms with van der Waals surface area (Å²) in [4.78, 5) is 27.0. The largest absolute Gasteiger partial charge is 0.424 e. The minimum absolute atomic E-state index is 0.159. The van der Waals surface area contributed by atoms with Crippen LogP contribution in [0.4, 0.5) is 11.8 Å². The van der Waals surface area contributed by atoms with Gasteiger partial charge < -0.3 is 20.4 Å². The number of primary amides is 1. The number of piperidine rings is 1. The van der Waals surface area contributed by atoms with Crippen molar-refractivity contribution >= 4 is 17.7 Å². The van der Waals surface area contributed by atoms with Crippen molar-refractivity contribution in [2.45, 2.75) is 57.9 Å². The van der Waals surface area contributed by atoms with Gasteiger partial charge >= 0.3 is 0 Å². The van der Waals surface area contributed by atoms with Gasteiger partial charge in [-0.15, -0.1) is 0 Å². The summed E-state index contributed by atoms with van der Waals surface area (Å²) < 4.78 is 6.04. The van der Waals surface area contributed by atoms with Crippen molar-refractivity contribution < 1.29 is 9.21 Å². The second kappa shape index (κ2) is 10.6. The van der Waals surface area contributed by atoms with E-state index in [1.54, 1.807) is 36.8 Å². The van der Waals surface area contributed by atoms with Gasteiger partial charge in [-0.3, -0.25) is 4.79 Å². The Morgan fingerprint density at radius 1 is 1.22 bits per heavy atom. The fraction of sp³-hybridized carbons (Fsp3) is 0.464. The molecule has 5 rings (SSSR count). The molecule has 1 amide bonds. The number of anilines is 2. The van der Waals surface area contributed by atoms with Crippen LogP contribution in [0.15, 0.2) is 47.3 Å². The van der Waals surface area contributed by atoms with Gasteiger partial charge in [-0.1, -0.05) is 31.9 Å². The standard InChI is InChI=1S/C28H33N7O2/c1-28(10-5-11-35(18-28)25-17-31-22(14-29)15-32-25)13-21-6-2-3-9-23(21)34-27-33-16-24(37-27)19-7-4-8-20(12-19)26(30)36/h4,7-8,12,15-17,21,23H,2-3,5-6,9-11,13,18H2,1H3,(H2,30,36)(H,33,34)/t21-,23+,28+/m0/s1. The molecule has 3 aromatic rings. The first-order valence-corrected chi connectivity index (χ1v) is 13.0. The second-order valence-corrected chi connectivity index (χ2v) is 10.7. The van der Waals surface area contributed by atoms with Crippen LogP contribution in [0.3, 0.4) is 0 Å². The number of hydrogen-bond donors (Lipinski definition) is 2. The van der Waals surface area contributed by atoms with E-state index in [2.05, 4.69) is 32.1 Å². The van der Waals surface area contributed by atoms with E-state index in [1.807, 2.05) is 12.1 Å². The number of benzene rings is 1. The number of nitrogens with one attached hydrogen (secondary N) is 1. The number of aromatic nitrogens is 3. The van der Waals surface area contributed by atoms with Gasteiger partial charge in [0.2, 0.25) is 5.91 Å². The second-order valence-electron chi connectivity index (χ2n) is 10.7. The molecule has 0 spiro atoms. The highest BCUT2D eigenvalue weighted by Gasteiger charge is 2.37. The number of hydrogen-bond acceptors (Lipinski definition) is 8. The van der Waals surface area contributed by atoms with E-state index in [0.717, 1.165) is 43.7 Å². The summed E-state index contributed by atoms with van der Waals surface area (Å²) in [6.45, 7) is 4.27. The first kappa shape index (κ1) is 24.8. The molecule has 0 radical (unpaired) electrons. The van der Waals surface area contributed by atoms with Crippen LogP contribution in [-0.4, -0.2) is 40.0 Å². The highest BCUT2D eigenvalue weighted by Crippen LogP contribution is 2.42. The average molecular weight is 500 g/mol. The van der Waals surface area contributed by atoms with Crippen molar-refractivity contribution in [2.75, 3.05) is 23.3 Å². The SMILES string of the molecule is C[C@]1(C[C@@H]2CCCC[C@H]2Nc2ncc(-c3cccc(C(N)=O)c3)o2)CCCN(c2cnc(C#N)cn2)C1. The van der Waals surface area contributed by atoms with E-state index in [1.165, 1.54) is 25.7 Å². The summed E-state index contributed by atoms with van der Waals surface area (Å²) in [5.41, 5.74) is 7.15. The predicted molar refractivity (Wildman–Crippen MR) is 141 cm³/mol. The van der Waals surface area contributed by atoms with Crippen molar-refractivity contribution in [3.05, 3.63) is 54.1 Å². The normalized spacial score (nSPS) is 23.8. The molecule has 2 fully saturated rings. The predicted octanol–water partition coefficient (Wildman–Crippen LogP) is 4.77. The summed E-state index contributed by atoms with van der Waals surface area (Å²) in [6, 6.07) is 9.93. The summed E-state index contributed by atoms with van der Waals surface area (Å²) in [7, 11) is 0. The van der Waals surface area contributed by atoms with Crippen LogP contribution in [0, 0.1) is 22.7 Å². The maximum atomic E-state index is 11.5. The number of nitriles is 1. The van der Waals surface area contributed by atoms with Crippen LogP contribution in [0.25, 0.3) is 11.3 Å². The fourth-order valence-corrected chi connectivity index (χ4v) is 5.95. The molecule has 1 aromatic carbocycles. The van der Waals surface area contributed by atoms with Gasteiger partial charge in [0, 0.05) is 30.3 Å². The molecule has 3 heterocycles. The molecular weight excluding hydrogens is 466 g/mol. The molecule has 0 unspecified atom stereocenters. The lowest BCUT2D eigenvalue weighted by Crippen LogP contribution is -2.45. The first-order chi connectivity index (χ1) is 17.9. The molecule has 0 bridgehead atoms. The smallest absolute Gasteiger partial charge is 0.295 e. The number of nitrogens with zero attached hydrogens (tertiary/aromatic N) is 5. The third-order valence-corrected chi connectivity index (χ3v) is 7.77. The van der Waals surface area contributed by atoms with Gasteiger partial charge in [-0.05, 0) is 55.6 Å². The summed E-state index contributed by atoms with van der Waals surface area (Å²) >= 11 is 0. The molecular formula is C28H33N7O2. The molecule has 3 N–H and O–H groups in total. The van der Waals surface area contributed by atoms with Crippen LogP contribution in [0.1, 0.15) is 67.9 Å². The molecule has 3 atom stereocenters. The highest BCUT2D eigenvalue weighted by molar-refractivity contribution is 5.93. The van der Waals surface area contributed by atoms with Gasteiger partial charge in [0.15, 0.2) is 11.5 Å². The van der Waals surface area contributed by atoms with Crippen LogP contribution < -0.4 is 16.0 Å². The zero-order valence-corrected chi connectivity index (χ0v) is 21.2. The van der Waals surface area contributed by atoms with Gasteiger partial charge in [-0.25, -0.2) is 15.0 Å². The number of carbonyl (C=O) groups excluding carboxylic acids is 1.